The molecule has 11 saturated heterocycles. The molecule has 862 valence electrons. The molecule has 11 fully saturated rings. The highest BCUT2D eigenvalue weighted by Gasteiger charge is 2.65. The summed E-state index contributed by atoms with van der Waals surface area (Å²) >= 11 is 0. The maximum atomic E-state index is 13.3. The highest BCUT2D eigenvalue weighted by molar-refractivity contribution is 5.77. The first kappa shape index (κ1) is 124. The molecule has 0 bridgehead atoms. The number of aliphatic hydroxyl groups excluding tert-OH is 30. The molecule has 0 aromatic heterocycles. The van der Waals surface area contributed by atoms with Crippen molar-refractivity contribution in [2.24, 2.45) is 11.8 Å². The average Bonchev–Trinajstić information content (AvgIpc) is 0.760. The summed E-state index contributed by atoms with van der Waals surface area (Å²) in [5, 5.41) is 371. The molecule has 63 nitrogen and oxygen atoms in total. The van der Waals surface area contributed by atoms with Gasteiger partial charge in [0, 0.05) is 52.4 Å². The van der Waals surface area contributed by atoms with Crippen molar-refractivity contribution in [3.63, 3.8) is 0 Å². The van der Waals surface area contributed by atoms with E-state index < -0.39 is 469 Å². The first-order valence-electron chi connectivity index (χ1n) is 48.5. The van der Waals surface area contributed by atoms with Crippen LogP contribution in [0.3, 0.4) is 0 Å². The van der Waals surface area contributed by atoms with Crippen molar-refractivity contribution in [1.82, 2.24) is 21.3 Å². The largest absolute Gasteiger partial charge is 0.477 e. The summed E-state index contributed by atoms with van der Waals surface area (Å²) in [4.78, 5) is 78.4. The van der Waals surface area contributed by atoms with Crippen molar-refractivity contribution >= 4 is 35.6 Å². The van der Waals surface area contributed by atoms with Gasteiger partial charge in [-0.3, -0.25) is 19.2 Å². The minimum Gasteiger partial charge on any atom is -0.477 e. The molecule has 11 rings (SSSR count). The molecule has 11 aliphatic rings. The van der Waals surface area contributed by atoms with Crippen LogP contribution in [0, 0.1) is 11.8 Å². The predicted molar refractivity (Wildman–Crippen MR) is 467 cm³/mol. The monoisotopic (exact) mass is 2180 g/mol. The Kier molecular flexibility index (Phi) is 44.8. The van der Waals surface area contributed by atoms with Gasteiger partial charge in [-0.2, -0.15) is 0 Å². The number of amides is 4. The van der Waals surface area contributed by atoms with Crippen LogP contribution in [0.2, 0.25) is 0 Å². The first-order valence-corrected chi connectivity index (χ1v) is 48.5. The number of hydrogen-bond donors (Lipinski definition) is 36. The van der Waals surface area contributed by atoms with E-state index in [0.717, 1.165) is 27.7 Å². The summed E-state index contributed by atoms with van der Waals surface area (Å²) in [5.41, 5.74) is 0. The zero-order chi connectivity index (χ0) is 110. The highest BCUT2D eigenvalue weighted by Crippen LogP contribution is 2.45. The lowest BCUT2D eigenvalue weighted by Gasteiger charge is -2.51. The van der Waals surface area contributed by atoms with Crippen molar-refractivity contribution in [2.45, 2.75) is 417 Å². The summed E-state index contributed by atoms with van der Waals surface area (Å²) in [5.74, 6) is -15.7. The minimum absolute atomic E-state index is 0.00315. The Balaban J connectivity index is 0.890. The van der Waals surface area contributed by atoms with Crippen molar-refractivity contribution in [2.75, 3.05) is 72.7 Å². The number of carbonyl (C=O) groups excluding carboxylic acids is 4. The Bertz CT molecular complexity index is 4200. The van der Waals surface area contributed by atoms with Gasteiger partial charge in [0.2, 0.25) is 23.6 Å². The number of aliphatic carboxylic acids is 2. The van der Waals surface area contributed by atoms with Crippen LogP contribution >= 0.6 is 0 Å². The summed E-state index contributed by atoms with van der Waals surface area (Å²) < 4.78 is 126. The van der Waals surface area contributed by atoms with E-state index in [1.165, 1.54) is 13.8 Å². The Labute approximate surface area is 847 Å². The average molecular weight is 2180 g/mol. The first-order chi connectivity index (χ1) is 70.4. The molecule has 11 aliphatic heterocycles. The topological polar surface area (TPSA) is 992 Å². The van der Waals surface area contributed by atoms with Crippen LogP contribution in [-0.2, 0) is 128 Å². The number of aliphatic hydroxyl groups is 30. The van der Waals surface area contributed by atoms with Gasteiger partial charge in [0.15, 0.2) is 50.3 Å². The number of carboxylic acid groups (broad SMARTS) is 2. The molecule has 36 N–H and O–H groups in total. The van der Waals surface area contributed by atoms with Crippen molar-refractivity contribution < 1.29 is 292 Å². The van der Waals surface area contributed by atoms with Crippen LogP contribution in [0.1, 0.15) is 80.6 Å². The molecular weight excluding hydrogens is 2030 g/mol. The number of carbonyl (C=O) groups is 6. The Morgan fingerprint density at radius 1 is 0.289 bits per heavy atom. The van der Waals surface area contributed by atoms with E-state index in [0.29, 0.717) is 0 Å². The zero-order valence-electron chi connectivity index (χ0n) is 81.4. The van der Waals surface area contributed by atoms with Gasteiger partial charge in [-0.15, -0.1) is 0 Å². The number of carboxylic acids is 2. The zero-order valence-corrected chi connectivity index (χ0v) is 81.4. The van der Waals surface area contributed by atoms with Gasteiger partial charge in [0.25, 0.3) is 11.6 Å². The Morgan fingerprint density at radius 3 is 0.899 bits per heavy atom. The third-order valence-electron chi connectivity index (χ3n) is 28.4. The number of hydrogen-bond acceptors (Lipinski definition) is 57. The molecule has 4 amide bonds. The fourth-order valence-corrected chi connectivity index (χ4v) is 20.2. The standard InChI is InChI=1S/C86H144N4O59/c1-8-28-30(103)11-85(83(125)126,148-66(28)48(107)32(105)13-91)130-22-42-52(111)59(118)63(122)78(139-42)142-69-38(18-96)136-76(46(57(69)116)89-26(6)101)146-73-61(120)50(109)35(15-93)133-81(73)129-21-41-54(113)72(65(124)80(138-41)144-71-40(20-98)135-75(45(56(71)115)88-25(5)100)141-68-37(17-95)132-34(10-3)44(55(68)114)87-24(4)99)145-82-74(62(121)51(110)36(16-94)134-82)147-77-47(90-27(7)102)58(117)70(39(19-97)137-77)143-79-64(123)60(119)53(112)43(140-79)23-131-86(84(127)128)12-31(104)29(9-2)67(149-86)49(108)33(106)14-92/h28-82,91-98,103-124H,8-23H2,1-7H3,(H,87,99)(H,88,100)(H,89,101)(H,90,102)(H,125,126)(H,127,128)/t28-,29-,30-,31-,32-,33-,34+,35?,36?,37?,38?,39?,40?,41?,42?,43?,44?,45?,46?,47?,48-,49-,50-,51+,52+,53+,54-,55-,56-,57-,58-,59+,60+,61+,62?,63?,64?,65?,66?,67?,68-,69-,70-,71-,72+,73?,74+,75+,76+,77+,78+,79+,80+,81+,82+,85-,86-/m1/s1. The lowest BCUT2D eigenvalue weighted by molar-refractivity contribution is -0.399. The molecule has 0 aliphatic carbocycles. The Morgan fingerprint density at radius 2 is 0.570 bits per heavy atom. The quantitative estimate of drug-likeness (QED) is 0.0269. The van der Waals surface area contributed by atoms with Crippen LogP contribution in [0.5, 0.6) is 0 Å². The van der Waals surface area contributed by atoms with Crippen molar-refractivity contribution in [3.05, 3.63) is 0 Å². The molecule has 0 radical (unpaired) electrons. The van der Waals surface area contributed by atoms with E-state index in [2.05, 4.69) is 21.3 Å². The summed E-state index contributed by atoms with van der Waals surface area (Å²) in [6.45, 7) is -4.47. The maximum Gasteiger partial charge on any atom is 0.364 e. The van der Waals surface area contributed by atoms with Gasteiger partial charge < -0.3 is 284 Å². The molecule has 0 saturated carbocycles. The van der Waals surface area contributed by atoms with Crippen LogP contribution in [0.25, 0.3) is 0 Å². The third kappa shape index (κ3) is 27.3. The second-order valence-corrected chi connectivity index (χ2v) is 38.4. The molecule has 63 heteroatoms. The van der Waals surface area contributed by atoms with Crippen molar-refractivity contribution in [1.29, 1.82) is 0 Å². The molecule has 149 heavy (non-hydrogen) atoms. The van der Waals surface area contributed by atoms with E-state index >= 15 is 0 Å². The number of nitrogens with one attached hydrogen (secondary N) is 4. The highest BCUT2D eigenvalue weighted by atomic mass is 16.8. The molecule has 0 aromatic rings. The van der Waals surface area contributed by atoms with E-state index in [4.69, 9.17) is 99.5 Å². The van der Waals surface area contributed by atoms with Crippen LogP contribution in [0.4, 0.5) is 0 Å². The van der Waals surface area contributed by atoms with Crippen LogP contribution < -0.4 is 21.3 Å². The van der Waals surface area contributed by atoms with Gasteiger partial charge in [-0.1, -0.05) is 20.8 Å². The summed E-state index contributed by atoms with van der Waals surface area (Å²) in [6, 6.07) is -7.42. The van der Waals surface area contributed by atoms with Gasteiger partial charge in [0.1, 0.15) is 238 Å². The number of ether oxygens (including phenoxy) is 21. The Hall–Kier alpha value is -5.22. The molecule has 11 heterocycles. The summed E-state index contributed by atoms with van der Waals surface area (Å²) in [6.07, 6.45) is -107. The van der Waals surface area contributed by atoms with Gasteiger partial charge >= 0.3 is 11.9 Å². The van der Waals surface area contributed by atoms with Crippen LogP contribution in [-0.4, -0.2) is 608 Å². The fraction of sp³-hybridized carbons (Fsp3) is 0.930. The lowest BCUT2D eigenvalue weighted by atomic mass is 9.82. The van der Waals surface area contributed by atoms with E-state index in [1.54, 1.807) is 6.92 Å². The third-order valence-corrected chi connectivity index (χ3v) is 28.4. The van der Waals surface area contributed by atoms with Gasteiger partial charge in [-0.05, 0) is 19.3 Å². The maximum absolute atomic E-state index is 13.3. The molecule has 57 atom stereocenters. The molecule has 0 aromatic carbocycles. The van der Waals surface area contributed by atoms with E-state index in [1.807, 2.05) is 0 Å². The fourth-order valence-electron chi connectivity index (χ4n) is 20.2. The summed E-state index contributed by atoms with van der Waals surface area (Å²) in [7, 11) is 0. The normalized spacial score (nSPS) is 46.8. The van der Waals surface area contributed by atoms with Gasteiger partial charge in [-0.25, -0.2) is 9.59 Å². The SMILES string of the molecule is CC[C@@H]1OC(CO)[C@@H](O[C@@H]2OC(CO)[C@@H](O[C@@H]3OC(CO[C@H]4OC(CO)[C@@H](O)[C@H](O)C4O[C@@H]4OC(CO)[C@@H](O[C@@H]5OC(CO[C@]6(C(=O)O)C[C@@H](O)[C@@H](CC)C([C@H](O)[C@H](O)CO)O6)[C@H](O)[C@H](O)C5O)[C@H](O)C4NC(C)=O)[C@@H](O)[C@H](O[C@@H]4OC(CO)[C@H](O)C(O)[C@@H]4O[C@@H]4OC(CO)[C@@H](O[C@@H]5OC(CO[C@]6(C(=O)O)C[C@@H](O)[C@@H](CC)C([C@H](O)[C@H](O)CO)O6)[C@H](O)[C@H](O)C5O)[C@H](O)C4NC(C)=O)C3O)[C@H](O)C2NC(C)=O)[C@H](O)C1NC(C)=O. The second-order valence-electron chi connectivity index (χ2n) is 38.4. The van der Waals surface area contributed by atoms with Gasteiger partial charge in [0.05, 0.1) is 109 Å². The molecule has 0 spiro atoms. The van der Waals surface area contributed by atoms with E-state index in [9.17, 15) is 192 Å². The smallest absolute Gasteiger partial charge is 0.364 e. The molecular formula is C86H144N4O59. The predicted octanol–water partition coefficient (Wildman–Crippen LogP) is -21.2. The molecule has 20 unspecified atom stereocenters. The second kappa shape index (κ2) is 53.9. The lowest BCUT2D eigenvalue weighted by Crippen LogP contribution is -2.71. The number of rotatable bonds is 44. The minimum atomic E-state index is -2.96. The van der Waals surface area contributed by atoms with E-state index in [-0.39, 0.29) is 19.3 Å². The van der Waals surface area contributed by atoms with Crippen molar-refractivity contribution in [3.8, 4) is 0 Å². The van der Waals surface area contributed by atoms with Crippen LogP contribution in [0.15, 0.2) is 0 Å².